The number of carbonyl (C=O) groups is 2. The van der Waals surface area contributed by atoms with Crippen molar-refractivity contribution in [3.63, 3.8) is 0 Å². The second-order valence-electron chi connectivity index (χ2n) is 6.41. The molecule has 0 unspecified atom stereocenters. The first-order valence-electron chi connectivity index (χ1n) is 8.34. The number of aryl methyl sites for hydroxylation is 1. The number of Topliss-reactive ketones (excluding diaryl/α,β-unsaturated/α-hetero) is 1. The summed E-state index contributed by atoms with van der Waals surface area (Å²) in [5.41, 5.74) is 4.10. The molecule has 1 heterocycles. The molecule has 3 aromatic rings. The van der Waals surface area contributed by atoms with Crippen LogP contribution in [0.15, 0.2) is 48.5 Å². The third-order valence-corrected chi connectivity index (χ3v) is 4.75. The average molecular weight is 358 g/mol. The summed E-state index contributed by atoms with van der Waals surface area (Å²) in [6.45, 7) is 3.16. The maximum Gasteiger partial charge on any atom is 0.269 e. The minimum Gasteiger partial charge on any atom is -0.294 e. The number of aromatic nitrogens is 1. The molecule has 0 radical (unpaired) electrons. The first kappa shape index (κ1) is 16.8. The van der Waals surface area contributed by atoms with E-state index in [1.54, 1.807) is 31.2 Å². The lowest BCUT2D eigenvalue weighted by molar-refractivity contribution is -0.384. The van der Waals surface area contributed by atoms with Gasteiger partial charge in [-0.2, -0.15) is 0 Å². The molecule has 2 aromatic carbocycles. The molecule has 0 bridgehead atoms. The first-order chi connectivity index (χ1) is 12.9. The molecule has 0 saturated carbocycles. The summed E-state index contributed by atoms with van der Waals surface area (Å²) in [5.74, 6) is -0.399. The van der Waals surface area contributed by atoms with E-state index in [4.69, 9.17) is 0 Å². The first-order valence-corrected chi connectivity index (χ1v) is 8.34. The third-order valence-electron chi connectivity index (χ3n) is 4.75. The number of pyridine rings is 1. The molecule has 6 heteroatoms. The van der Waals surface area contributed by atoms with Crippen LogP contribution in [0.25, 0.3) is 22.4 Å². The standard InChI is InChI=1S/C21H14N2O4/c1-11-17(12(2)24)18(13-7-9-14(10-8-13)23(26)27)19-20(22-11)15-5-3-4-6-16(15)21(19)25/h3-10H,1-2H3. The number of non-ortho nitro benzene ring substituents is 1. The molecule has 6 nitrogen and oxygen atoms in total. The van der Waals surface area contributed by atoms with Crippen LogP contribution in [0.3, 0.4) is 0 Å². The van der Waals surface area contributed by atoms with Gasteiger partial charge >= 0.3 is 0 Å². The van der Waals surface area contributed by atoms with Gasteiger partial charge in [-0.25, -0.2) is 0 Å². The van der Waals surface area contributed by atoms with Gasteiger partial charge < -0.3 is 0 Å². The maximum atomic E-state index is 13.1. The van der Waals surface area contributed by atoms with Gasteiger partial charge in [-0.1, -0.05) is 24.3 Å². The fraction of sp³-hybridized carbons (Fsp3) is 0.0952. The highest BCUT2D eigenvalue weighted by molar-refractivity contribution is 6.25. The molecular formula is C21H14N2O4. The quantitative estimate of drug-likeness (QED) is 0.308. The van der Waals surface area contributed by atoms with Crippen molar-refractivity contribution in [1.82, 2.24) is 4.98 Å². The summed E-state index contributed by atoms with van der Waals surface area (Å²) in [6, 6.07) is 13.1. The van der Waals surface area contributed by atoms with E-state index in [0.29, 0.717) is 39.2 Å². The molecule has 0 aliphatic heterocycles. The highest BCUT2D eigenvalue weighted by Gasteiger charge is 2.34. The van der Waals surface area contributed by atoms with Crippen LogP contribution in [-0.4, -0.2) is 21.5 Å². The second-order valence-corrected chi connectivity index (χ2v) is 6.41. The number of hydrogen-bond acceptors (Lipinski definition) is 5. The van der Waals surface area contributed by atoms with E-state index in [2.05, 4.69) is 4.98 Å². The van der Waals surface area contributed by atoms with Gasteiger partial charge in [-0.05, 0) is 31.5 Å². The third kappa shape index (κ3) is 2.45. The second kappa shape index (κ2) is 5.95. The molecule has 1 aromatic heterocycles. The SMILES string of the molecule is CC(=O)c1c(C)nc2c(c1-c1ccc([N+](=O)[O-])cc1)C(=O)c1ccccc1-2. The predicted octanol–water partition coefficient (Wildman–Crippen LogP) is 4.38. The van der Waals surface area contributed by atoms with E-state index in [1.807, 2.05) is 12.1 Å². The number of nitrogens with zero attached hydrogens (tertiary/aromatic N) is 2. The summed E-state index contributed by atoms with van der Waals surface area (Å²) in [6.07, 6.45) is 0. The number of carbonyl (C=O) groups excluding carboxylic acids is 2. The van der Waals surface area contributed by atoms with Gasteiger partial charge in [0.15, 0.2) is 11.6 Å². The Labute approximate surface area is 154 Å². The van der Waals surface area contributed by atoms with Crippen LogP contribution in [0.5, 0.6) is 0 Å². The molecule has 0 fully saturated rings. The van der Waals surface area contributed by atoms with Gasteiger partial charge in [0, 0.05) is 40.1 Å². The number of rotatable bonds is 3. The lowest BCUT2D eigenvalue weighted by Crippen LogP contribution is -2.09. The molecule has 1 aliphatic carbocycles. The summed E-state index contributed by atoms with van der Waals surface area (Å²) < 4.78 is 0. The van der Waals surface area contributed by atoms with Crippen LogP contribution in [0.2, 0.25) is 0 Å². The topological polar surface area (TPSA) is 90.2 Å². The lowest BCUT2D eigenvalue weighted by atomic mass is 9.90. The molecule has 27 heavy (non-hydrogen) atoms. The number of ketones is 2. The predicted molar refractivity (Wildman–Crippen MR) is 99.9 cm³/mol. The molecule has 132 valence electrons. The van der Waals surface area contributed by atoms with Crippen molar-refractivity contribution in [2.75, 3.05) is 0 Å². The smallest absolute Gasteiger partial charge is 0.269 e. The van der Waals surface area contributed by atoms with Crippen LogP contribution in [0, 0.1) is 17.0 Å². The number of nitro benzene ring substituents is 1. The fourth-order valence-corrected chi connectivity index (χ4v) is 3.61. The number of nitro groups is 1. The number of fused-ring (bicyclic) bond motifs is 3. The van der Waals surface area contributed by atoms with Gasteiger partial charge in [0.1, 0.15) is 0 Å². The molecular weight excluding hydrogens is 344 g/mol. The van der Waals surface area contributed by atoms with Gasteiger partial charge in [0.25, 0.3) is 5.69 Å². The minimum absolute atomic E-state index is 0.0554. The van der Waals surface area contributed by atoms with Gasteiger partial charge in [0.05, 0.1) is 16.2 Å². The Hall–Kier alpha value is -3.67. The van der Waals surface area contributed by atoms with Crippen molar-refractivity contribution in [2.45, 2.75) is 13.8 Å². The van der Waals surface area contributed by atoms with E-state index < -0.39 is 4.92 Å². The molecule has 1 aliphatic rings. The number of hydrogen-bond donors (Lipinski definition) is 0. The van der Waals surface area contributed by atoms with E-state index in [1.165, 1.54) is 19.1 Å². The molecule has 0 atom stereocenters. The van der Waals surface area contributed by atoms with Crippen molar-refractivity contribution in [3.8, 4) is 22.4 Å². The maximum absolute atomic E-state index is 13.1. The minimum atomic E-state index is -0.487. The van der Waals surface area contributed by atoms with Crippen LogP contribution >= 0.6 is 0 Å². The molecule has 0 amide bonds. The van der Waals surface area contributed by atoms with Gasteiger partial charge in [0.2, 0.25) is 0 Å². The zero-order valence-electron chi connectivity index (χ0n) is 14.6. The Morgan fingerprint density at radius 1 is 1.00 bits per heavy atom. The van der Waals surface area contributed by atoms with Crippen molar-refractivity contribution < 1.29 is 14.5 Å². The van der Waals surface area contributed by atoms with Crippen LogP contribution in [-0.2, 0) is 0 Å². The van der Waals surface area contributed by atoms with Gasteiger partial charge in [-0.3, -0.25) is 24.7 Å². The Kier molecular flexibility index (Phi) is 3.70. The summed E-state index contributed by atoms with van der Waals surface area (Å²) in [7, 11) is 0. The van der Waals surface area contributed by atoms with Crippen LogP contribution in [0.1, 0.15) is 38.9 Å². The largest absolute Gasteiger partial charge is 0.294 e. The van der Waals surface area contributed by atoms with E-state index >= 15 is 0 Å². The molecule has 4 rings (SSSR count). The summed E-state index contributed by atoms with van der Waals surface area (Å²) in [5, 5.41) is 11.0. The lowest BCUT2D eigenvalue weighted by Gasteiger charge is -2.15. The Morgan fingerprint density at radius 2 is 1.63 bits per heavy atom. The van der Waals surface area contributed by atoms with E-state index in [0.717, 1.165) is 5.56 Å². The zero-order chi connectivity index (χ0) is 19.3. The van der Waals surface area contributed by atoms with E-state index in [9.17, 15) is 19.7 Å². The molecule has 0 N–H and O–H groups in total. The zero-order valence-corrected chi connectivity index (χ0v) is 14.6. The van der Waals surface area contributed by atoms with Crippen LogP contribution in [0.4, 0.5) is 5.69 Å². The summed E-state index contributed by atoms with van der Waals surface area (Å²) in [4.78, 5) is 40.5. The Morgan fingerprint density at radius 3 is 2.22 bits per heavy atom. The summed E-state index contributed by atoms with van der Waals surface area (Å²) >= 11 is 0. The van der Waals surface area contributed by atoms with Crippen molar-refractivity contribution in [3.05, 3.63) is 81.0 Å². The van der Waals surface area contributed by atoms with Crippen molar-refractivity contribution in [2.24, 2.45) is 0 Å². The highest BCUT2D eigenvalue weighted by Crippen LogP contribution is 2.43. The highest BCUT2D eigenvalue weighted by atomic mass is 16.6. The molecule has 0 spiro atoms. The van der Waals surface area contributed by atoms with Gasteiger partial charge in [-0.15, -0.1) is 0 Å². The van der Waals surface area contributed by atoms with Crippen LogP contribution < -0.4 is 0 Å². The normalized spacial score (nSPS) is 11.9. The average Bonchev–Trinajstić information content (AvgIpc) is 2.93. The van der Waals surface area contributed by atoms with Crippen molar-refractivity contribution in [1.29, 1.82) is 0 Å². The number of benzene rings is 2. The fourth-order valence-electron chi connectivity index (χ4n) is 3.61. The Balaban J connectivity index is 2.07. The van der Waals surface area contributed by atoms with E-state index in [-0.39, 0.29) is 17.3 Å². The molecule has 0 saturated heterocycles. The van der Waals surface area contributed by atoms with Crippen molar-refractivity contribution >= 4 is 17.3 Å². The monoisotopic (exact) mass is 358 g/mol. The Bertz CT molecular complexity index is 1150.